The molecule has 16 heavy (non-hydrogen) atoms. The normalized spacial score (nSPS) is 22.6. The van der Waals surface area contributed by atoms with E-state index in [-0.39, 0.29) is 5.41 Å². The third-order valence-electron chi connectivity index (χ3n) is 3.89. The van der Waals surface area contributed by atoms with Crippen LogP contribution in [0.4, 0.5) is 0 Å². The fourth-order valence-corrected chi connectivity index (χ4v) is 2.42. The topological polar surface area (TPSA) is 29.3 Å². The predicted octanol–water partition coefficient (Wildman–Crippen LogP) is 2.81. The smallest absolute Gasteiger partial charge is 0.0784 e. The van der Waals surface area contributed by atoms with Gasteiger partial charge in [0.15, 0.2) is 0 Å². The number of nitrogens with zero attached hydrogens (tertiary/aromatic N) is 1. The summed E-state index contributed by atoms with van der Waals surface area (Å²) >= 11 is 5.08. The molecule has 94 valence electrons. The Morgan fingerprint density at radius 2 is 2.19 bits per heavy atom. The Bertz CT molecular complexity index is 238. The second kappa shape index (κ2) is 5.97. The van der Waals surface area contributed by atoms with Gasteiger partial charge in [-0.2, -0.15) is 0 Å². The molecule has 0 spiro atoms. The van der Waals surface area contributed by atoms with Gasteiger partial charge in [-0.15, -0.1) is 0 Å². The van der Waals surface area contributed by atoms with Crippen LogP contribution >= 0.6 is 12.2 Å². The molecule has 2 N–H and O–H groups in total. The monoisotopic (exact) mass is 242 g/mol. The van der Waals surface area contributed by atoms with Crippen molar-refractivity contribution in [2.75, 3.05) is 19.6 Å². The molecule has 0 saturated carbocycles. The minimum absolute atomic E-state index is 0.0270. The SMILES string of the molecule is CCC1CCN(CCCC(C)(C)C(N)=S)C1. The zero-order valence-corrected chi connectivity index (χ0v) is 11.8. The highest BCUT2D eigenvalue weighted by molar-refractivity contribution is 7.80. The molecule has 0 aromatic rings. The van der Waals surface area contributed by atoms with Crippen molar-refractivity contribution in [2.24, 2.45) is 17.1 Å². The number of nitrogens with two attached hydrogens (primary N) is 1. The Hall–Kier alpha value is -0.150. The average Bonchev–Trinajstić information content (AvgIpc) is 2.65. The zero-order chi connectivity index (χ0) is 12.2. The third-order valence-corrected chi connectivity index (χ3v) is 4.44. The molecule has 0 radical (unpaired) electrons. The molecule has 2 nitrogen and oxygen atoms in total. The van der Waals surface area contributed by atoms with E-state index >= 15 is 0 Å². The lowest BCUT2D eigenvalue weighted by atomic mass is 9.88. The summed E-state index contributed by atoms with van der Waals surface area (Å²) in [5.41, 5.74) is 5.75. The fraction of sp³-hybridized carbons (Fsp3) is 0.923. The molecule has 1 rings (SSSR count). The summed E-state index contributed by atoms with van der Waals surface area (Å²) in [6.07, 6.45) is 5.03. The quantitative estimate of drug-likeness (QED) is 0.726. The molecule has 0 aromatic carbocycles. The van der Waals surface area contributed by atoms with Crippen LogP contribution in [-0.2, 0) is 0 Å². The first-order chi connectivity index (χ1) is 7.45. The summed E-state index contributed by atoms with van der Waals surface area (Å²) in [7, 11) is 0. The number of hydrogen-bond donors (Lipinski definition) is 1. The van der Waals surface area contributed by atoms with E-state index in [1.54, 1.807) is 0 Å². The third kappa shape index (κ3) is 4.02. The minimum Gasteiger partial charge on any atom is -0.393 e. The lowest BCUT2D eigenvalue weighted by Gasteiger charge is -2.24. The Labute approximate surface area is 106 Å². The van der Waals surface area contributed by atoms with Crippen LogP contribution in [0.2, 0.25) is 0 Å². The van der Waals surface area contributed by atoms with Gasteiger partial charge in [-0.3, -0.25) is 0 Å². The minimum atomic E-state index is 0.0270. The number of rotatable bonds is 6. The van der Waals surface area contributed by atoms with E-state index in [4.69, 9.17) is 18.0 Å². The molecule has 1 aliphatic rings. The second-order valence-corrected chi connectivity index (χ2v) is 6.16. The molecular formula is C13H26N2S. The van der Waals surface area contributed by atoms with Crippen LogP contribution in [0.25, 0.3) is 0 Å². The van der Waals surface area contributed by atoms with Crippen LogP contribution in [0.5, 0.6) is 0 Å². The van der Waals surface area contributed by atoms with Gasteiger partial charge in [-0.1, -0.05) is 39.4 Å². The Balaban J connectivity index is 2.19. The molecule has 0 bridgehead atoms. The summed E-state index contributed by atoms with van der Waals surface area (Å²) in [5, 5.41) is 0. The molecule has 0 aromatic heterocycles. The maximum absolute atomic E-state index is 5.73. The van der Waals surface area contributed by atoms with E-state index in [9.17, 15) is 0 Å². The Morgan fingerprint density at radius 3 is 2.69 bits per heavy atom. The highest BCUT2D eigenvalue weighted by Crippen LogP contribution is 2.24. The molecule has 0 aliphatic carbocycles. The van der Waals surface area contributed by atoms with Gasteiger partial charge in [-0.25, -0.2) is 0 Å². The largest absolute Gasteiger partial charge is 0.393 e. The number of likely N-dealkylation sites (tertiary alicyclic amines) is 1. The van der Waals surface area contributed by atoms with Crippen molar-refractivity contribution in [3.63, 3.8) is 0 Å². The molecule has 1 saturated heterocycles. The van der Waals surface area contributed by atoms with Crippen LogP contribution in [0.15, 0.2) is 0 Å². The number of thiocarbonyl (C=S) groups is 1. The average molecular weight is 242 g/mol. The van der Waals surface area contributed by atoms with Crippen molar-refractivity contribution < 1.29 is 0 Å². The van der Waals surface area contributed by atoms with Gasteiger partial charge in [-0.05, 0) is 38.3 Å². The van der Waals surface area contributed by atoms with E-state index in [1.807, 2.05) is 0 Å². The van der Waals surface area contributed by atoms with Crippen LogP contribution in [0.3, 0.4) is 0 Å². The first-order valence-electron chi connectivity index (χ1n) is 6.48. The molecule has 1 unspecified atom stereocenters. The van der Waals surface area contributed by atoms with E-state index in [0.29, 0.717) is 4.99 Å². The van der Waals surface area contributed by atoms with Crippen molar-refractivity contribution >= 4 is 17.2 Å². The molecule has 0 amide bonds. The lowest BCUT2D eigenvalue weighted by molar-refractivity contribution is 0.299. The molecular weight excluding hydrogens is 216 g/mol. The summed E-state index contributed by atoms with van der Waals surface area (Å²) in [4.78, 5) is 3.24. The van der Waals surface area contributed by atoms with Crippen LogP contribution in [0.1, 0.15) is 46.5 Å². The summed E-state index contributed by atoms with van der Waals surface area (Å²) in [6, 6.07) is 0. The van der Waals surface area contributed by atoms with E-state index < -0.39 is 0 Å². The van der Waals surface area contributed by atoms with Crippen LogP contribution in [0, 0.1) is 11.3 Å². The van der Waals surface area contributed by atoms with Gasteiger partial charge in [0, 0.05) is 12.0 Å². The maximum atomic E-state index is 5.73. The second-order valence-electron chi connectivity index (χ2n) is 5.72. The highest BCUT2D eigenvalue weighted by atomic mass is 32.1. The van der Waals surface area contributed by atoms with Gasteiger partial charge in [0.25, 0.3) is 0 Å². The Morgan fingerprint density at radius 1 is 1.50 bits per heavy atom. The fourth-order valence-electron chi connectivity index (χ4n) is 2.32. The van der Waals surface area contributed by atoms with Crippen molar-refractivity contribution in [1.82, 2.24) is 4.90 Å². The first kappa shape index (κ1) is 13.9. The summed E-state index contributed by atoms with van der Waals surface area (Å²) < 4.78 is 0. The van der Waals surface area contributed by atoms with Gasteiger partial charge >= 0.3 is 0 Å². The maximum Gasteiger partial charge on any atom is 0.0784 e. The van der Waals surface area contributed by atoms with E-state index in [2.05, 4.69) is 25.7 Å². The van der Waals surface area contributed by atoms with Crippen LogP contribution < -0.4 is 5.73 Å². The predicted molar refractivity (Wildman–Crippen MR) is 74.6 cm³/mol. The van der Waals surface area contributed by atoms with Crippen LogP contribution in [-0.4, -0.2) is 29.5 Å². The summed E-state index contributed by atoms with van der Waals surface area (Å²) in [5.74, 6) is 0.934. The molecule has 1 fully saturated rings. The van der Waals surface area contributed by atoms with E-state index in [1.165, 1.54) is 38.9 Å². The van der Waals surface area contributed by atoms with Gasteiger partial charge in [0.1, 0.15) is 0 Å². The number of hydrogen-bond acceptors (Lipinski definition) is 2. The van der Waals surface area contributed by atoms with Crippen molar-refractivity contribution in [3.05, 3.63) is 0 Å². The van der Waals surface area contributed by atoms with Crippen molar-refractivity contribution in [1.29, 1.82) is 0 Å². The molecule has 1 heterocycles. The molecule has 1 atom stereocenters. The lowest BCUT2D eigenvalue weighted by Crippen LogP contribution is -2.31. The zero-order valence-electron chi connectivity index (χ0n) is 11.0. The van der Waals surface area contributed by atoms with E-state index in [0.717, 1.165) is 12.3 Å². The highest BCUT2D eigenvalue weighted by Gasteiger charge is 2.23. The molecule has 1 aliphatic heterocycles. The molecule has 3 heteroatoms. The van der Waals surface area contributed by atoms with Gasteiger partial charge < -0.3 is 10.6 Å². The Kier molecular flexibility index (Phi) is 5.19. The van der Waals surface area contributed by atoms with Gasteiger partial charge in [0.05, 0.1) is 4.99 Å². The summed E-state index contributed by atoms with van der Waals surface area (Å²) in [6.45, 7) is 10.4. The van der Waals surface area contributed by atoms with Gasteiger partial charge in [0.2, 0.25) is 0 Å². The van der Waals surface area contributed by atoms with Crippen molar-refractivity contribution in [2.45, 2.75) is 46.5 Å². The standard InChI is InChI=1S/C13H26N2S/c1-4-11-6-9-15(10-11)8-5-7-13(2,3)12(14)16/h11H,4-10H2,1-3H3,(H2,14,16). The first-order valence-corrected chi connectivity index (χ1v) is 6.89. The van der Waals surface area contributed by atoms with Crippen molar-refractivity contribution in [3.8, 4) is 0 Å².